The standard InChI is InChI=1S/C31H36F3N7OS/c1-3-5-11-41(4-2)29-21-14-37-25(19-6-7-22(33)27-23(19)20(13-35)28(36)43-27)24(34)26(21)38-30(39-29)42-17-31(9-10-31)16-40-12-8-18(32)15-40/h6-7,14,18,23,27H,3-5,8-12,15-17,36H2,1-2H3/t18-,23?,27?/m1/s1. The SMILES string of the molecule is CCCCN(CC)c1nc(OCC2(CN3CC[C@@H](F)C3)CC2)nc2c(F)c(C3=CC=C(F)C4SC(N)=C(C#N)C34)ncc12. The van der Waals surface area contributed by atoms with Crippen molar-refractivity contribution in [3.63, 3.8) is 0 Å². The second kappa shape index (κ2) is 12.0. The zero-order chi connectivity index (χ0) is 30.3. The molecule has 8 nitrogen and oxygen atoms in total. The topological polar surface area (TPSA) is 104 Å². The van der Waals surface area contributed by atoms with Crippen LogP contribution in [0.3, 0.4) is 0 Å². The Kier molecular flexibility index (Phi) is 8.31. The lowest BCUT2D eigenvalue weighted by molar-refractivity contribution is 0.165. The van der Waals surface area contributed by atoms with Crippen LogP contribution in [0.15, 0.2) is 34.8 Å². The number of rotatable bonds is 11. The van der Waals surface area contributed by atoms with E-state index in [1.54, 1.807) is 6.20 Å². The van der Waals surface area contributed by atoms with Crippen LogP contribution in [0.2, 0.25) is 0 Å². The summed E-state index contributed by atoms with van der Waals surface area (Å²) >= 11 is 1.07. The third-order valence-corrected chi connectivity index (χ3v) is 10.1. The number of likely N-dealkylation sites (tertiary alicyclic amines) is 1. The van der Waals surface area contributed by atoms with E-state index in [0.29, 0.717) is 42.9 Å². The molecule has 2 aromatic heterocycles. The Morgan fingerprint density at radius 1 is 1.26 bits per heavy atom. The maximum absolute atomic E-state index is 16.5. The van der Waals surface area contributed by atoms with Crippen LogP contribution in [-0.4, -0.2) is 70.6 Å². The Morgan fingerprint density at radius 3 is 2.74 bits per heavy atom. The Morgan fingerprint density at radius 2 is 2.07 bits per heavy atom. The summed E-state index contributed by atoms with van der Waals surface area (Å²) in [6.45, 7) is 7.79. The summed E-state index contributed by atoms with van der Waals surface area (Å²) in [6, 6.07) is 2.16. The van der Waals surface area contributed by atoms with Crippen molar-refractivity contribution >= 4 is 34.1 Å². The van der Waals surface area contributed by atoms with Gasteiger partial charge in [-0.05, 0) is 44.3 Å². The third kappa shape index (κ3) is 5.69. The quantitative estimate of drug-likeness (QED) is 0.344. The minimum Gasteiger partial charge on any atom is -0.463 e. The van der Waals surface area contributed by atoms with Gasteiger partial charge >= 0.3 is 6.01 Å². The largest absolute Gasteiger partial charge is 0.463 e. The molecular formula is C31H36F3N7OS. The molecule has 43 heavy (non-hydrogen) atoms. The maximum atomic E-state index is 16.5. The van der Waals surface area contributed by atoms with Gasteiger partial charge in [0.1, 0.15) is 29.0 Å². The first-order valence-corrected chi connectivity index (χ1v) is 15.9. The lowest BCUT2D eigenvalue weighted by Crippen LogP contribution is -2.32. The highest BCUT2D eigenvalue weighted by Gasteiger charge is 2.46. The summed E-state index contributed by atoms with van der Waals surface area (Å²) in [5.41, 5.74) is 6.61. The van der Waals surface area contributed by atoms with Crippen LogP contribution in [-0.2, 0) is 0 Å². The van der Waals surface area contributed by atoms with Gasteiger partial charge in [-0.1, -0.05) is 31.2 Å². The predicted molar refractivity (Wildman–Crippen MR) is 162 cm³/mol. The lowest BCUT2D eigenvalue weighted by Gasteiger charge is -2.26. The van der Waals surface area contributed by atoms with Gasteiger partial charge in [0.15, 0.2) is 5.82 Å². The first-order chi connectivity index (χ1) is 20.8. The minimum absolute atomic E-state index is 0.00465. The van der Waals surface area contributed by atoms with Gasteiger partial charge in [0.2, 0.25) is 0 Å². The van der Waals surface area contributed by atoms with E-state index in [1.165, 1.54) is 12.2 Å². The van der Waals surface area contributed by atoms with Gasteiger partial charge in [-0.2, -0.15) is 15.2 Å². The summed E-state index contributed by atoms with van der Waals surface area (Å²) < 4.78 is 51.3. The molecule has 1 saturated carbocycles. The summed E-state index contributed by atoms with van der Waals surface area (Å²) in [7, 11) is 0. The summed E-state index contributed by atoms with van der Waals surface area (Å²) in [5.74, 6) is -1.32. The molecule has 2 aliphatic carbocycles. The first-order valence-electron chi connectivity index (χ1n) is 15.0. The highest BCUT2D eigenvalue weighted by Crippen LogP contribution is 2.51. The van der Waals surface area contributed by atoms with E-state index in [9.17, 15) is 14.0 Å². The fourth-order valence-electron chi connectivity index (χ4n) is 6.26. The molecule has 1 saturated heterocycles. The highest BCUT2D eigenvalue weighted by atomic mass is 32.2. The summed E-state index contributed by atoms with van der Waals surface area (Å²) in [4.78, 5) is 18.0. The van der Waals surface area contributed by atoms with Crippen LogP contribution in [0.25, 0.3) is 16.5 Å². The van der Waals surface area contributed by atoms with Gasteiger partial charge in [0.25, 0.3) is 0 Å². The molecule has 2 fully saturated rings. The van der Waals surface area contributed by atoms with E-state index in [1.807, 2.05) is 6.92 Å². The predicted octanol–water partition coefficient (Wildman–Crippen LogP) is 5.67. The van der Waals surface area contributed by atoms with Gasteiger partial charge in [-0.3, -0.25) is 9.88 Å². The molecule has 4 aliphatic rings. The zero-order valence-electron chi connectivity index (χ0n) is 24.5. The Hall–Kier alpha value is -3.30. The van der Waals surface area contributed by atoms with Crippen LogP contribution in [0.4, 0.5) is 19.0 Å². The number of fused-ring (bicyclic) bond motifs is 2. The molecule has 228 valence electrons. The van der Waals surface area contributed by atoms with E-state index in [-0.39, 0.29) is 33.2 Å². The van der Waals surface area contributed by atoms with Crippen molar-refractivity contribution < 1.29 is 17.9 Å². The van der Waals surface area contributed by atoms with E-state index in [4.69, 9.17) is 15.5 Å². The molecule has 2 aliphatic heterocycles. The van der Waals surface area contributed by atoms with Gasteiger partial charge < -0.3 is 15.4 Å². The van der Waals surface area contributed by atoms with Crippen LogP contribution in [0.1, 0.15) is 51.6 Å². The Balaban J connectivity index is 1.38. The number of aromatic nitrogens is 3. The van der Waals surface area contributed by atoms with Crippen molar-refractivity contribution in [2.24, 2.45) is 17.1 Å². The number of unbranched alkanes of at least 4 members (excludes halogenated alkanes) is 1. The Labute approximate surface area is 253 Å². The van der Waals surface area contributed by atoms with Crippen molar-refractivity contribution in [2.45, 2.75) is 57.4 Å². The molecule has 0 bridgehead atoms. The summed E-state index contributed by atoms with van der Waals surface area (Å²) in [5, 5.41) is 9.72. The van der Waals surface area contributed by atoms with Gasteiger partial charge in [0.05, 0.1) is 33.9 Å². The second-order valence-electron chi connectivity index (χ2n) is 11.9. The molecule has 2 aromatic rings. The van der Waals surface area contributed by atoms with Crippen LogP contribution >= 0.6 is 11.8 Å². The van der Waals surface area contributed by atoms with Gasteiger partial charge in [0, 0.05) is 50.3 Å². The molecule has 0 spiro atoms. The average Bonchev–Trinajstić information content (AvgIpc) is 3.50. The van der Waals surface area contributed by atoms with Crippen molar-refractivity contribution in [1.29, 1.82) is 5.26 Å². The molecule has 2 N–H and O–H groups in total. The number of halogens is 3. The molecular weight excluding hydrogens is 575 g/mol. The highest BCUT2D eigenvalue weighted by molar-refractivity contribution is 8.04. The fraction of sp³-hybridized carbons (Fsp3) is 0.548. The number of ether oxygens (including phenoxy) is 1. The molecule has 12 heteroatoms. The number of nitrogens with zero attached hydrogens (tertiary/aromatic N) is 6. The normalized spacial score (nSPS) is 24.5. The number of hydrogen-bond acceptors (Lipinski definition) is 9. The van der Waals surface area contributed by atoms with Crippen molar-refractivity contribution in [3.05, 3.63) is 46.3 Å². The molecule has 2 unspecified atom stereocenters. The molecule has 3 atom stereocenters. The van der Waals surface area contributed by atoms with Crippen molar-refractivity contribution in [2.75, 3.05) is 44.2 Å². The van der Waals surface area contributed by atoms with E-state index >= 15 is 4.39 Å². The smallest absolute Gasteiger partial charge is 0.319 e. The Bertz CT molecular complexity index is 1550. The number of anilines is 1. The number of hydrogen-bond donors (Lipinski definition) is 1. The molecule has 4 heterocycles. The van der Waals surface area contributed by atoms with Gasteiger partial charge in [-0.15, -0.1) is 0 Å². The molecule has 0 aromatic carbocycles. The van der Waals surface area contributed by atoms with Crippen molar-refractivity contribution in [3.8, 4) is 12.1 Å². The maximum Gasteiger partial charge on any atom is 0.319 e. The van der Waals surface area contributed by atoms with Gasteiger partial charge in [-0.25, -0.2) is 13.2 Å². The second-order valence-corrected chi connectivity index (χ2v) is 13.1. The first kappa shape index (κ1) is 29.8. The monoisotopic (exact) mass is 611 g/mol. The van der Waals surface area contributed by atoms with Crippen LogP contribution in [0.5, 0.6) is 6.01 Å². The van der Waals surface area contributed by atoms with Crippen LogP contribution in [0, 0.1) is 28.5 Å². The van der Waals surface area contributed by atoms with E-state index in [2.05, 4.69) is 32.8 Å². The third-order valence-electron chi connectivity index (χ3n) is 8.90. The zero-order valence-corrected chi connectivity index (χ0v) is 25.3. The number of allylic oxidation sites excluding steroid dienone is 4. The average molecular weight is 612 g/mol. The molecule has 0 radical (unpaired) electrons. The van der Waals surface area contributed by atoms with Crippen molar-refractivity contribution in [1.82, 2.24) is 19.9 Å². The lowest BCUT2D eigenvalue weighted by atomic mass is 9.83. The number of pyridine rings is 1. The number of alkyl halides is 1. The molecule has 0 amide bonds. The number of thioether (sulfide) groups is 1. The minimum atomic E-state index is -0.780. The molecule has 6 rings (SSSR count). The number of nitrogens with two attached hydrogens (primary N) is 1. The number of nitriles is 1. The van der Waals surface area contributed by atoms with E-state index in [0.717, 1.165) is 57.1 Å². The van der Waals surface area contributed by atoms with Crippen LogP contribution < -0.4 is 15.4 Å². The fourth-order valence-corrected chi connectivity index (χ4v) is 7.45. The summed E-state index contributed by atoms with van der Waals surface area (Å²) in [6.07, 6.45) is 7.94. The van der Waals surface area contributed by atoms with E-state index < -0.39 is 29.0 Å².